The number of nitrogens with one attached hydrogen (secondary N) is 2. The van der Waals surface area contributed by atoms with Gasteiger partial charge in [-0.3, -0.25) is 9.79 Å². The van der Waals surface area contributed by atoms with Gasteiger partial charge in [-0.15, -0.1) is 0 Å². The minimum absolute atomic E-state index is 0.161. The van der Waals surface area contributed by atoms with Crippen LogP contribution in [0.4, 0.5) is 5.82 Å². The van der Waals surface area contributed by atoms with Crippen molar-refractivity contribution in [3.8, 4) is 0 Å². The van der Waals surface area contributed by atoms with E-state index in [-0.39, 0.29) is 5.91 Å². The summed E-state index contributed by atoms with van der Waals surface area (Å²) in [4.78, 5) is 31.6. The Bertz CT molecular complexity index is 1050. The molecule has 1 amide bonds. The van der Waals surface area contributed by atoms with Crippen LogP contribution in [0.15, 0.2) is 35.3 Å². The minimum atomic E-state index is -0.161. The van der Waals surface area contributed by atoms with Crippen LogP contribution in [-0.4, -0.2) is 47.2 Å². The van der Waals surface area contributed by atoms with Crippen molar-refractivity contribution >= 4 is 29.0 Å². The van der Waals surface area contributed by atoms with Crippen molar-refractivity contribution in [1.29, 1.82) is 0 Å². The number of aryl methyl sites for hydroxylation is 1. The smallest absolute Gasteiger partial charge is 0.267 e. The fourth-order valence-electron chi connectivity index (χ4n) is 3.69. The van der Waals surface area contributed by atoms with E-state index >= 15 is 0 Å². The largest absolute Gasteiger partial charge is 0.355 e. The Morgan fingerprint density at radius 3 is 2.83 bits per heavy atom. The van der Waals surface area contributed by atoms with Crippen LogP contribution >= 0.6 is 0 Å². The number of rotatable bonds is 5. The number of H-pyrrole nitrogens is 1. The Balaban J connectivity index is 1.67. The maximum atomic E-state index is 12.1. The minimum Gasteiger partial charge on any atom is -0.355 e. The van der Waals surface area contributed by atoms with E-state index in [4.69, 9.17) is 4.98 Å². The molecule has 150 valence electrons. The first-order valence-corrected chi connectivity index (χ1v) is 10.1. The molecule has 1 aromatic carbocycles. The van der Waals surface area contributed by atoms with Crippen molar-refractivity contribution in [2.75, 3.05) is 25.0 Å². The highest BCUT2D eigenvalue weighted by Gasteiger charge is 2.20. The molecule has 1 fully saturated rings. The van der Waals surface area contributed by atoms with Gasteiger partial charge in [0.05, 0.1) is 12.1 Å². The zero-order chi connectivity index (χ0) is 20.2. The number of carbonyl (C=O) groups is 1. The highest BCUT2D eigenvalue weighted by atomic mass is 16.1. The molecular weight excluding hydrogens is 364 g/mol. The van der Waals surface area contributed by atoms with Gasteiger partial charge in [0.2, 0.25) is 0 Å². The molecule has 3 aromatic rings. The van der Waals surface area contributed by atoms with Gasteiger partial charge in [0.15, 0.2) is 11.6 Å². The molecule has 0 radical (unpaired) electrons. The Morgan fingerprint density at radius 2 is 2.07 bits per heavy atom. The standard InChI is InChI=1S/C22H26N6O/c1-15-7-6-8-16(11-15)13-24-14-19-25-17-12-18(22(29)23-2)26-20(17)21(27-19)28-9-4-3-5-10-28/h6-8,11-13,26H,3-5,9-10,14H2,1-2H3,(H,23,29)/b24-13+. The summed E-state index contributed by atoms with van der Waals surface area (Å²) in [5.41, 5.74) is 4.33. The zero-order valence-electron chi connectivity index (χ0n) is 16.9. The molecule has 2 aromatic heterocycles. The number of piperidine rings is 1. The van der Waals surface area contributed by atoms with E-state index in [1.54, 1.807) is 13.1 Å². The molecule has 0 unspecified atom stereocenters. The topological polar surface area (TPSA) is 86.3 Å². The van der Waals surface area contributed by atoms with Crippen LogP contribution in [0.1, 0.15) is 46.7 Å². The first-order valence-electron chi connectivity index (χ1n) is 10.1. The third-order valence-corrected chi connectivity index (χ3v) is 5.15. The number of aromatic amines is 1. The van der Waals surface area contributed by atoms with Gasteiger partial charge >= 0.3 is 0 Å². The SMILES string of the molecule is CNC(=O)c1cc2nc(C/N=C/c3cccc(C)c3)nc(N3CCCCC3)c2[nH]1. The van der Waals surface area contributed by atoms with Crippen LogP contribution in [-0.2, 0) is 6.54 Å². The molecule has 2 N–H and O–H groups in total. The highest BCUT2D eigenvalue weighted by Crippen LogP contribution is 2.27. The Labute approximate surface area is 170 Å². The number of anilines is 1. The predicted molar refractivity (Wildman–Crippen MR) is 116 cm³/mol. The van der Waals surface area contributed by atoms with E-state index in [1.165, 1.54) is 12.0 Å². The summed E-state index contributed by atoms with van der Waals surface area (Å²) in [5, 5.41) is 2.66. The number of aliphatic imine (C=N–C) groups is 1. The van der Waals surface area contributed by atoms with Crippen LogP contribution in [0, 0.1) is 6.92 Å². The van der Waals surface area contributed by atoms with Gasteiger partial charge in [0.1, 0.15) is 11.2 Å². The van der Waals surface area contributed by atoms with Crippen molar-refractivity contribution in [3.05, 3.63) is 53.0 Å². The van der Waals surface area contributed by atoms with Crippen LogP contribution < -0.4 is 10.2 Å². The molecule has 1 aliphatic rings. The lowest BCUT2D eigenvalue weighted by Gasteiger charge is -2.28. The first kappa shape index (κ1) is 19.1. The summed E-state index contributed by atoms with van der Waals surface area (Å²) in [7, 11) is 1.62. The van der Waals surface area contributed by atoms with Gasteiger partial charge in [0, 0.05) is 26.4 Å². The predicted octanol–water partition coefficient (Wildman–Crippen LogP) is 3.24. The molecule has 1 saturated heterocycles. The van der Waals surface area contributed by atoms with Crippen LogP contribution in [0.2, 0.25) is 0 Å². The fraction of sp³-hybridized carbons (Fsp3) is 0.364. The number of benzene rings is 1. The summed E-state index contributed by atoms with van der Waals surface area (Å²) >= 11 is 0. The van der Waals surface area contributed by atoms with Crippen LogP contribution in [0.25, 0.3) is 11.0 Å². The summed E-state index contributed by atoms with van der Waals surface area (Å²) in [6.07, 6.45) is 5.39. The number of fused-ring (bicyclic) bond motifs is 1. The van der Waals surface area contributed by atoms with Gasteiger partial charge in [0.25, 0.3) is 5.91 Å². The Morgan fingerprint density at radius 1 is 1.24 bits per heavy atom. The van der Waals surface area contributed by atoms with Gasteiger partial charge < -0.3 is 15.2 Å². The van der Waals surface area contributed by atoms with Crippen LogP contribution in [0.5, 0.6) is 0 Å². The van der Waals surface area contributed by atoms with E-state index in [9.17, 15) is 4.79 Å². The molecule has 1 aliphatic heterocycles. The van der Waals surface area contributed by atoms with Crippen molar-refractivity contribution in [3.63, 3.8) is 0 Å². The number of hydrogen-bond acceptors (Lipinski definition) is 5. The van der Waals surface area contributed by atoms with Crippen molar-refractivity contribution < 1.29 is 4.79 Å². The first-order chi connectivity index (χ1) is 14.1. The Kier molecular flexibility index (Phi) is 5.55. The van der Waals surface area contributed by atoms with E-state index in [0.29, 0.717) is 18.1 Å². The van der Waals surface area contributed by atoms with E-state index in [2.05, 4.69) is 44.2 Å². The molecule has 4 rings (SSSR count). The van der Waals surface area contributed by atoms with Crippen molar-refractivity contribution in [1.82, 2.24) is 20.3 Å². The molecule has 3 heterocycles. The lowest BCUT2D eigenvalue weighted by molar-refractivity contribution is 0.0959. The van der Waals surface area contributed by atoms with Gasteiger partial charge in [-0.25, -0.2) is 9.97 Å². The Hall–Kier alpha value is -3.22. The third-order valence-electron chi connectivity index (χ3n) is 5.15. The molecule has 0 aliphatic carbocycles. The van der Waals surface area contributed by atoms with E-state index < -0.39 is 0 Å². The molecule has 0 saturated carbocycles. The number of amides is 1. The quantitative estimate of drug-likeness (QED) is 0.655. The normalized spacial score (nSPS) is 14.6. The number of aromatic nitrogens is 3. The molecule has 7 heteroatoms. The van der Waals surface area contributed by atoms with Crippen molar-refractivity contribution in [2.24, 2.45) is 4.99 Å². The van der Waals surface area contributed by atoms with Gasteiger partial charge in [-0.2, -0.15) is 0 Å². The fourth-order valence-corrected chi connectivity index (χ4v) is 3.69. The lowest BCUT2D eigenvalue weighted by Crippen LogP contribution is -2.30. The third kappa shape index (κ3) is 4.29. The zero-order valence-corrected chi connectivity index (χ0v) is 16.9. The van der Waals surface area contributed by atoms with E-state index in [0.717, 1.165) is 48.3 Å². The summed E-state index contributed by atoms with van der Waals surface area (Å²) in [6.45, 7) is 4.39. The average Bonchev–Trinajstić information content (AvgIpc) is 3.17. The summed E-state index contributed by atoms with van der Waals surface area (Å²) in [6, 6.07) is 10.00. The second-order valence-corrected chi connectivity index (χ2v) is 7.42. The maximum Gasteiger partial charge on any atom is 0.267 e. The number of carbonyl (C=O) groups excluding carboxylic acids is 1. The molecular formula is C22H26N6O. The number of nitrogens with zero attached hydrogens (tertiary/aromatic N) is 4. The lowest BCUT2D eigenvalue weighted by atomic mass is 10.1. The second kappa shape index (κ2) is 8.43. The summed E-state index contributed by atoms with van der Waals surface area (Å²) < 4.78 is 0. The molecule has 7 nitrogen and oxygen atoms in total. The molecule has 0 bridgehead atoms. The van der Waals surface area contributed by atoms with Crippen molar-refractivity contribution in [2.45, 2.75) is 32.7 Å². The summed E-state index contributed by atoms with van der Waals surface area (Å²) in [5.74, 6) is 1.36. The number of hydrogen-bond donors (Lipinski definition) is 2. The maximum absolute atomic E-state index is 12.1. The highest BCUT2D eigenvalue weighted by molar-refractivity contribution is 5.99. The van der Waals surface area contributed by atoms with Gasteiger partial charge in [-0.05, 0) is 37.8 Å². The van der Waals surface area contributed by atoms with Gasteiger partial charge in [-0.1, -0.05) is 29.8 Å². The second-order valence-electron chi connectivity index (χ2n) is 7.42. The van der Waals surface area contributed by atoms with Crippen LogP contribution in [0.3, 0.4) is 0 Å². The monoisotopic (exact) mass is 390 g/mol. The molecule has 0 atom stereocenters. The molecule has 0 spiro atoms. The van der Waals surface area contributed by atoms with E-state index in [1.807, 2.05) is 18.3 Å². The molecule has 29 heavy (non-hydrogen) atoms. The average molecular weight is 390 g/mol.